The van der Waals surface area contributed by atoms with E-state index < -0.39 is 39.6 Å². The number of carbonyl (C=O) groups excluding carboxylic acids is 1. The van der Waals surface area contributed by atoms with Crippen LogP contribution in [0.3, 0.4) is 0 Å². The van der Waals surface area contributed by atoms with Crippen molar-refractivity contribution in [3.63, 3.8) is 0 Å². The molecule has 0 aromatic heterocycles. The van der Waals surface area contributed by atoms with Gasteiger partial charge in [0.15, 0.2) is 11.6 Å². The molecule has 9 heteroatoms. The number of amides is 1. The third kappa shape index (κ3) is 5.91. The quantitative estimate of drug-likeness (QED) is 0.683. The Morgan fingerprint density at radius 3 is 2.30 bits per heavy atom. The van der Waals surface area contributed by atoms with Crippen LogP contribution in [0.5, 0.6) is 5.75 Å². The van der Waals surface area contributed by atoms with E-state index in [4.69, 9.17) is 4.74 Å². The molecule has 0 aliphatic rings. The first kappa shape index (κ1) is 23.6. The fourth-order valence-corrected chi connectivity index (χ4v) is 4.03. The third-order valence-corrected chi connectivity index (χ3v) is 5.85. The van der Waals surface area contributed by atoms with Crippen molar-refractivity contribution in [1.29, 1.82) is 0 Å². The lowest BCUT2D eigenvalue weighted by molar-refractivity contribution is -0.122. The van der Waals surface area contributed by atoms with Gasteiger partial charge in [0.1, 0.15) is 18.4 Å². The highest BCUT2D eigenvalue weighted by molar-refractivity contribution is 7.92. The molecular formula is C21H26F2N2O4S. The monoisotopic (exact) mass is 440 g/mol. The van der Waals surface area contributed by atoms with Crippen LogP contribution in [0.25, 0.3) is 0 Å². The highest BCUT2D eigenvalue weighted by Crippen LogP contribution is 2.23. The van der Waals surface area contributed by atoms with Crippen LogP contribution in [0.2, 0.25) is 0 Å². The topological polar surface area (TPSA) is 75.7 Å². The molecule has 6 nitrogen and oxygen atoms in total. The smallest absolute Gasteiger partial charge is 0.243 e. The van der Waals surface area contributed by atoms with Crippen LogP contribution in [-0.2, 0) is 14.8 Å². The molecule has 2 aromatic carbocycles. The summed E-state index contributed by atoms with van der Waals surface area (Å²) in [6.45, 7) is 7.21. The number of benzene rings is 2. The third-order valence-electron chi connectivity index (χ3n) is 4.61. The largest absolute Gasteiger partial charge is 0.491 e. The van der Waals surface area contributed by atoms with Crippen LogP contribution in [0, 0.1) is 25.5 Å². The van der Waals surface area contributed by atoms with Gasteiger partial charge in [0.25, 0.3) is 0 Å². The first-order chi connectivity index (χ1) is 13.9. The van der Waals surface area contributed by atoms with Crippen LogP contribution in [-0.4, -0.2) is 39.3 Å². The summed E-state index contributed by atoms with van der Waals surface area (Å²) in [6, 6.07) is 6.70. The van der Waals surface area contributed by atoms with Crippen molar-refractivity contribution in [2.24, 2.45) is 0 Å². The van der Waals surface area contributed by atoms with E-state index in [2.05, 4.69) is 5.32 Å². The minimum Gasteiger partial charge on any atom is -0.491 e. The van der Waals surface area contributed by atoms with Crippen molar-refractivity contribution in [3.05, 3.63) is 59.2 Å². The van der Waals surface area contributed by atoms with Crippen molar-refractivity contribution in [2.45, 2.75) is 39.8 Å². The fourth-order valence-electron chi connectivity index (χ4n) is 2.86. The van der Waals surface area contributed by atoms with Gasteiger partial charge < -0.3 is 10.1 Å². The molecule has 0 spiro atoms. The van der Waals surface area contributed by atoms with Gasteiger partial charge in [-0.3, -0.25) is 9.10 Å². The van der Waals surface area contributed by atoms with Crippen LogP contribution < -0.4 is 14.4 Å². The molecule has 0 unspecified atom stereocenters. The Hall–Kier alpha value is -2.68. The number of anilines is 1. The Morgan fingerprint density at radius 1 is 1.07 bits per heavy atom. The number of halogens is 2. The van der Waals surface area contributed by atoms with E-state index in [0.717, 1.165) is 39.9 Å². The molecule has 0 aliphatic carbocycles. The second kappa shape index (κ2) is 9.42. The highest BCUT2D eigenvalue weighted by atomic mass is 32.2. The summed E-state index contributed by atoms with van der Waals surface area (Å²) in [7, 11) is -3.94. The number of hydrogen-bond donors (Lipinski definition) is 1. The first-order valence-electron chi connectivity index (χ1n) is 9.35. The number of nitrogens with one attached hydrogen (secondary N) is 1. The summed E-state index contributed by atoms with van der Waals surface area (Å²) in [5.74, 6) is -2.25. The highest BCUT2D eigenvalue weighted by Gasteiger charge is 2.30. The molecule has 0 heterocycles. The molecule has 2 aromatic rings. The Balaban J connectivity index is 2.08. The van der Waals surface area contributed by atoms with Crippen LogP contribution in [0.15, 0.2) is 36.4 Å². The summed E-state index contributed by atoms with van der Waals surface area (Å²) in [5, 5.41) is 2.69. The van der Waals surface area contributed by atoms with Gasteiger partial charge in [-0.15, -0.1) is 0 Å². The van der Waals surface area contributed by atoms with Gasteiger partial charge in [0.05, 0.1) is 18.0 Å². The molecule has 1 amide bonds. The van der Waals surface area contributed by atoms with Crippen LogP contribution >= 0.6 is 0 Å². The zero-order valence-corrected chi connectivity index (χ0v) is 18.4. The second-order valence-corrected chi connectivity index (χ2v) is 9.16. The van der Waals surface area contributed by atoms with Crippen molar-refractivity contribution in [1.82, 2.24) is 5.32 Å². The molecule has 0 fully saturated rings. The molecule has 1 N–H and O–H groups in total. The molecule has 0 saturated carbocycles. The standard InChI is InChI=1S/C21H26F2N2O4S/c1-13-6-8-18(10-14(13)2)29-12-15(3)24-21(26)16(4)25(30(5,27)28)17-7-9-19(22)20(23)11-17/h6-11,15-16H,12H2,1-5H3,(H,24,26)/t15-,16+/m0/s1. The van der Waals surface area contributed by atoms with Gasteiger partial charge in [-0.2, -0.15) is 0 Å². The molecule has 164 valence electrons. The molecule has 2 atom stereocenters. The van der Waals surface area contributed by atoms with E-state index in [1.54, 1.807) is 6.92 Å². The predicted octanol–water partition coefficient (Wildman–Crippen LogP) is 3.32. The number of sulfonamides is 1. The molecule has 0 aliphatic heterocycles. The van der Waals surface area contributed by atoms with E-state index in [9.17, 15) is 22.0 Å². The van der Waals surface area contributed by atoms with E-state index in [1.165, 1.54) is 6.92 Å². The molecule has 0 saturated heterocycles. The Bertz CT molecular complexity index is 1030. The van der Waals surface area contributed by atoms with Crippen molar-refractivity contribution >= 4 is 21.6 Å². The van der Waals surface area contributed by atoms with Crippen molar-refractivity contribution in [2.75, 3.05) is 17.2 Å². The lowest BCUT2D eigenvalue weighted by atomic mass is 10.1. The predicted molar refractivity (Wildman–Crippen MR) is 112 cm³/mol. The minimum atomic E-state index is -3.94. The lowest BCUT2D eigenvalue weighted by Crippen LogP contribution is -2.50. The Morgan fingerprint density at radius 2 is 1.73 bits per heavy atom. The zero-order valence-electron chi connectivity index (χ0n) is 17.6. The number of nitrogens with zero attached hydrogens (tertiary/aromatic N) is 1. The maximum absolute atomic E-state index is 13.6. The summed E-state index contributed by atoms with van der Waals surface area (Å²) < 4.78 is 57.7. The van der Waals surface area contributed by atoms with E-state index in [0.29, 0.717) is 5.75 Å². The van der Waals surface area contributed by atoms with Gasteiger partial charge >= 0.3 is 0 Å². The summed E-state index contributed by atoms with van der Waals surface area (Å²) in [4.78, 5) is 12.6. The number of carbonyl (C=O) groups is 1. The average Bonchev–Trinajstić information content (AvgIpc) is 2.64. The Labute approximate surface area is 175 Å². The van der Waals surface area contributed by atoms with Gasteiger partial charge in [-0.05, 0) is 63.1 Å². The SMILES string of the molecule is Cc1ccc(OC[C@H](C)NC(=O)[C@@H](C)N(c2ccc(F)c(F)c2)S(C)(=O)=O)cc1C. The molecular weight excluding hydrogens is 414 g/mol. The van der Waals surface area contributed by atoms with Gasteiger partial charge in [0, 0.05) is 6.07 Å². The second-order valence-electron chi connectivity index (χ2n) is 7.30. The zero-order chi connectivity index (χ0) is 22.6. The summed E-state index contributed by atoms with van der Waals surface area (Å²) in [5.41, 5.74) is 2.07. The van der Waals surface area contributed by atoms with Gasteiger partial charge in [-0.25, -0.2) is 17.2 Å². The van der Waals surface area contributed by atoms with E-state index in [1.807, 2.05) is 32.0 Å². The molecule has 0 radical (unpaired) electrons. The molecule has 0 bridgehead atoms. The van der Waals surface area contributed by atoms with Crippen LogP contribution in [0.1, 0.15) is 25.0 Å². The number of ether oxygens (including phenoxy) is 1. The van der Waals surface area contributed by atoms with E-state index in [-0.39, 0.29) is 12.3 Å². The van der Waals surface area contributed by atoms with Gasteiger partial charge in [-0.1, -0.05) is 6.07 Å². The van der Waals surface area contributed by atoms with Gasteiger partial charge in [0.2, 0.25) is 15.9 Å². The maximum atomic E-state index is 13.6. The normalized spacial score (nSPS) is 13.4. The fraction of sp³-hybridized carbons (Fsp3) is 0.381. The molecule has 2 rings (SSSR count). The summed E-state index contributed by atoms with van der Waals surface area (Å²) >= 11 is 0. The molecule has 30 heavy (non-hydrogen) atoms. The summed E-state index contributed by atoms with van der Waals surface area (Å²) in [6.07, 6.45) is 0.893. The minimum absolute atomic E-state index is 0.141. The number of aryl methyl sites for hydroxylation is 2. The maximum Gasteiger partial charge on any atom is 0.243 e. The lowest BCUT2D eigenvalue weighted by Gasteiger charge is -2.29. The average molecular weight is 441 g/mol. The first-order valence-corrected chi connectivity index (χ1v) is 11.2. The number of hydrogen-bond acceptors (Lipinski definition) is 4. The van der Waals surface area contributed by atoms with Crippen molar-refractivity contribution < 1.29 is 26.7 Å². The van der Waals surface area contributed by atoms with Crippen LogP contribution in [0.4, 0.5) is 14.5 Å². The van der Waals surface area contributed by atoms with Crippen molar-refractivity contribution in [3.8, 4) is 5.75 Å². The van der Waals surface area contributed by atoms with E-state index >= 15 is 0 Å². The number of rotatable bonds is 8. The Kier molecular flexibility index (Phi) is 7.41.